The molecular weight excluding hydrogens is 318 g/mol. The number of fused-ring (bicyclic) bond motifs is 2. The van der Waals surface area contributed by atoms with E-state index in [2.05, 4.69) is 4.98 Å². The second-order valence-electron chi connectivity index (χ2n) is 5.77. The SMILES string of the molecule is O=c1c2ccc([N+](=O)[O-])cc2ncn1Cc1cccc2ccccc12. The Morgan fingerprint density at radius 3 is 2.64 bits per heavy atom. The van der Waals surface area contributed by atoms with Gasteiger partial charge in [0.2, 0.25) is 0 Å². The van der Waals surface area contributed by atoms with Crippen LogP contribution in [0.5, 0.6) is 0 Å². The Kier molecular flexibility index (Phi) is 3.50. The van der Waals surface area contributed by atoms with Crippen molar-refractivity contribution in [2.75, 3.05) is 0 Å². The molecule has 0 N–H and O–H groups in total. The standard InChI is InChI=1S/C19H13N3O3/c23-19-17-9-8-15(22(24)25)10-18(17)20-12-21(19)11-14-6-3-5-13-4-1-2-7-16(13)14/h1-10,12H,11H2. The number of nitro benzene ring substituents is 1. The fourth-order valence-corrected chi connectivity index (χ4v) is 2.99. The predicted molar refractivity (Wildman–Crippen MR) is 95.7 cm³/mol. The molecule has 6 nitrogen and oxygen atoms in total. The van der Waals surface area contributed by atoms with Gasteiger partial charge in [-0.1, -0.05) is 42.5 Å². The van der Waals surface area contributed by atoms with Crippen molar-refractivity contribution >= 4 is 27.4 Å². The topological polar surface area (TPSA) is 78.0 Å². The third-order valence-corrected chi connectivity index (χ3v) is 4.24. The maximum Gasteiger partial charge on any atom is 0.271 e. The first-order valence-electron chi connectivity index (χ1n) is 7.74. The van der Waals surface area contributed by atoms with Gasteiger partial charge in [-0.2, -0.15) is 0 Å². The average molecular weight is 331 g/mol. The van der Waals surface area contributed by atoms with Crippen LogP contribution in [0.25, 0.3) is 21.7 Å². The zero-order valence-electron chi connectivity index (χ0n) is 13.1. The smallest absolute Gasteiger partial charge is 0.271 e. The van der Waals surface area contributed by atoms with Crippen molar-refractivity contribution in [3.05, 3.63) is 93.0 Å². The van der Waals surface area contributed by atoms with Crippen LogP contribution in [-0.4, -0.2) is 14.5 Å². The highest BCUT2D eigenvalue weighted by Crippen LogP contribution is 2.20. The Morgan fingerprint density at radius 1 is 1.00 bits per heavy atom. The lowest BCUT2D eigenvalue weighted by Gasteiger charge is -2.09. The van der Waals surface area contributed by atoms with Crippen molar-refractivity contribution in [2.24, 2.45) is 0 Å². The van der Waals surface area contributed by atoms with E-state index in [1.54, 1.807) is 0 Å². The predicted octanol–water partition coefficient (Wildman–Crippen LogP) is 3.51. The van der Waals surface area contributed by atoms with E-state index in [0.29, 0.717) is 17.4 Å². The van der Waals surface area contributed by atoms with Crippen molar-refractivity contribution in [2.45, 2.75) is 6.54 Å². The van der Waals surface area contributed by atoms with Gasteiger partial charge in [0, 0.05) is 12.1 Å². The lowest BCUT2D eigenvalue weighted by molar-refractivity contribution is -0.384. The minimum atomic E-state index is -0.497. The van der Waals surface area contributed by atoms with Gasteiger partial charge in [-0.05, 0) is 22.4 Å². The molecule has 0 amide bonds. The van der Waals surface area contributed by atoms with Crippen molar-refractivity contribution in [3.63, 3.8) is 0 Å². The van der Waals surface area contributed by atoms with Gasteiger partial charge in [0.25, 0.3) is 11.2 Å². The normalized spacial score (nSPS) is 11.0. The molecule has 4 aromatic rings. The fraction of sp³-hybridized carbons (Fsp3) is 0.0526. The van der Waals surface area contributed by atoms with Crippen LogP contribution in [0.4, 0.5) is 5.69 Å². The van der Waals surface area contributed by atoms with Crippen LogP contribution < -0.4 is 5.56 Å². The van der Waals surface area contributed by atoms with Crippen molar-refractivity contribution < 1.29 is 4.92 Å². The summed E-state index contributed by atoms with van der Waals surface area (Å²) < 4.78 is 1.52. The fourth-order valence-electron chi connectivity index (χ4n) is 2.99. The second-order valence-corrected chi connectivity index (χ2v) is 5.77. The van der Waals surface area contributed by atoms with Gasteiger partial charge < -0.3 is 0 Å². The van der Waals surface area contributed by atoms with E-state index in [4.69, 9.17) is 0 Å². The number of non-ortho nitro benzene ring substituents is 1. The molecule has 0 aliphatic heterocycles. The van der Waals surface area contributed by atoms with Gasteiger partial charge in [0.05, 0.1) is 28.7 Å². The Hall–Kier alpha value is -3.54. The number of benzene rings is 3. The zero-order valence-corrected chi connectivity index (χ0v) is 13.1. The molecular formula is C19H13N3O3. The summed E-state index contributed by atoms with van der Waals surface area (Å²) in [6.45, 7) is 0.389. The molecule has 122 valence electrons. The molecule has 1 heterocycles. The van der Waals surface area contributed by atoms with Crippen LogP contribution in [0.1, 0.15) is 5.56 Å². The van der Waals surface area contributed by atoms with E-state index in [0.717, 1.165) is 16.3 Å². The largest absolute Gasteiger partial charge is 0.294 e. The third-order valence-electron chi connectivity index (χ3n) is 4.24. The molecule has 0 aliphatic rings. The summed E-state index contributed by atoms with van der Waals surface area (Å²) >= 11 is 0. The van der Waals surface area contributed by atoms with E-state index in [1.165, 1.54) is 29.1 Å². The quantitative estimate of drug-likeness (QED) is 0.425. The van der Waals surface area contributed by atoms with E-state index in [9.17, 15) is 14.9 Å². The maximum atomic E-state index is 12.7. The van der Waals surface area contributed by atoms with Crippen molar-refractivity contribution in [1.29, 1.82) is 0 Å². The maximum absolute atomic E-state index is 12.7. The summed E-state index contributed by atoms with van der Waals surface area (Å²) in [7, 11) is 0. The molecule has 0 unspecified atom stereocenters. The first-order valence-corrected chi connectivity index (χ1v) is 7.74. The lowest BCUT2D eigenvalue weighted by Crippen LogP contribution is -2.21. The van der Waals surface area contributed by atoms with Crippen LogP contribution in [0.3, 0.4) is 0 Å². The highest BCUT2D eigenvalue weighted by molar-refractivity contribution is 5.85. The summed E-state index contributed by atoms with van der Waals surface area (Å²) in [4.78, 5) is 27.3. The summed E-state index contributed by atoms with van der Waals surface area (Å²) in [5.74, 6) is 0. The molecule has 3 aromatic carbocycles. The molecule has 1 aromatic heterocycles. The van der Waals surface area contributed by atoms with Gasteiger partial charge in [-0.15, -0.1) is 0 Å². The van der Waals surface area contributed by atoms with E-state index in [1.807, 2.05) is 42.5 Å². The van der Waals surface area contributed by atoms with E-state index < -0.39 is 4.92 Å². The molecule has 6 heteroatoms. The van der Waals surface area contributed by atoms with Crippen LogP contribution in [0.15, 0.2) is 71.8 Å². The molecule has 25 heavy (non-hydrogen) atoms. The zero-order chi connectivity index (χ0) is 17.4. The highest BCUT2D eigenvalue weighted by atomic mass is 16.6. The van der Waals surface area contributed by atoms with Gasteiger partial charge in [0.1, 0.15) is 0 Å². The lowest BCUT2D eigenvalue weighted by atomic mass is 10.0. The van der Waals surface area contributed by atoms with Crippen LogP contribution >= 0.6 is 0 Å². The Morgan fingerprint density at radius 2 is 1.80 bits per heavy atom. The van der Waals surface area contributed by atoms with E-state index >= 15 is 0 Å². The molecule has 0 spiro atoms. The van der Waals surface area contributed by atoms with Crippen LogP contribution in [0.2, 0.25) is 0 Å². The molecule has 0 radical (unpaired) electrons. The Balaban J connectivity index is 1.82. The Labute approximate surface area is 142 Å². The molecule has 0 fully saturated rings. The molecule has 0 saturated heterocycles. The number of nitrogens with zero attached hydrogens (tertiary/aromatic N) is 3. The first kappa shape index (κ1) is 15.0. The van der Waals surface area contributed by atoms with Gasteiger partial charge >= 0.3 is 0 Å². The third kappa shape index (κ3) is 2.63. The minimum Gasteiger partial charge on any atom is -0.294 e. The number of rotatable bonds is 3. The molecule has 0 saturated carbocycles. The molecule has 0 atom stereocenters. The molecule has 4 rings (SSSR count). The van der Waals surface area contributed by atoms with Gasteiger partial charge in [0.15, 0.2) is 0 Å². The first-order chi connectivity index (χ1) is 12.1. The van der Waals surface area contributed by atoms with E-state index in [-0.39, 0.29) is 11.2 Å². The highest BCUT2D eigenvalue weighted by Gasteiger charge is 2.11. The summed E-state index contributed by atoms with van der Waals surface area (Å²) in [5, 5.41) is 13.4. The number of hydrogen-bond acceptors (Lipinski definition) is 4. The van der Waals surface area contributed by atoms with Gasteiger partial charge in [-0.3, -0.25) is 19.5 Å². The minimum absolute atomic E-state index is 0.0776. The Bertz CT molecular complexity index is 1180. The van der Waals surface area contributed by atoms with Crippen LogP contribution in [-0.2, 0) is 6.54 Å². The number of aromatic nitrogens is 2. The second kappa shape index (κ2) is 5.83. The molecule has 0 bridgehead atoms. The number of hydrogen-bond donors (Lipinski definition) is 0. The summed E-state index contributed by atoms with van der Waals surface area (Å²) in [6, 6.07) is 18.1. The van der Waals surface area contributed by atoms with Crippen LogP contribution in [0, 0.1) is 10.1 Å². The summed E-state index contributed by atoms with van der Waals surface area (Å²) in [6.07, 6.45) is 1.44. The monoisotopic (exact) mass is 331 g/mol. The molecule has 0 aliphatic carbocycles. The van der Waals surface area contributed by atoms with Crippen molar-refractivity contribution in [1.82, 2.24) is 9.55 Å². The summed E-state index contributed by atoms with van der Waals surface area (Å²) in [5.41, 5.74) is 1.05. The number of nitro groups is 1. The van der Waals surface area contributed by atoms with Crippen molar-refractivity contribution in [3.8, 4) is 0 Å². The van der Waals surface area contributed by atoms with Gasteiger partial charge in [-0.25, -0.2) is 4.98 Å². The average Bonchev–Trinajstić information content (AvgIpc) is 2.64.